The van der Waals surface area contributed by atoms with E-state index >= 15 is 0 Å². The molecule has 2 rings (SSSR count). The average molecular weight is 191 g/mol. The van der Waals surface area contributed by atoms with Crippen molar-refractivity contribution < 1.29 is 0 Å². The van der Waals surface area contributed by atoms with Crippen molar-refractivity contribution >= 4 is 11.2 Å². The van der Waals surface area contributed by atoms with Crippen LogP contribution in [0.2, 0.25) is 0 Å². The Morgan fingerprint density at radius 2 is 2.00 bits per heavy atom. The summed E-state index contributed by atoms with van der Waals surface area (Å²) in [5, 5.41) is 0. The van der Waals surface area contributed by atoms with E-state index in [1.165, 1.54) is 6.20 Å². The lowest BCUT2D eigenvalue weighted by Gasteiger charge is -1.96. The highest BCUT2D eigenvalue weighted by Gasteiger charge is 1.98. The van der Waals surface area contributed by atoms with Crippen LogP contribution in [-0.2, 0) is 0 Å². The van der Waals surface area contributed by atoms with Crippen LogP contribution in [-0.4, -0.2) is 15.0 Å². The van der Waals surface area contributed by atoms with Gasteiger partial charge in [0.15, 0.2) is 5.65 Å². The summed E-state index contributed by atoms with van der Waals surface area (Å²) in [6.45, 7) is 5.93. The van der Waals surface area contributed by atoms with E-state index in [-0.39, 0.29) is 5.56 Å². The molecule has 0 aliphatic carbocycles. The molecule has 74 valence electrons. The molecule has 0 unspecified atom stereocenters. The molecular formula is C10H13N3O. The molecule has 0 saturated heterocycles. The lowest BCUT2D eigenvalue weighted by atomic mass is 10.3. The monoisotopic (exact) mass is 191 g/mol. The summed E-state index contributed by atoms with van der Waals surface area (Å²) in [6, 6.07) is 1.85. The topological polar surface area (TPSA) is 58.6 Å². The highest BCUT2D eigenvalue weighted by molar-refractivity contribution is 5.72. The van der Waals surface area contributed by atoms with Crippen LogP contribution < -0.4 is 5.56 Å². The van der Waals surface area contributed by atoms with Crippen LogP contribution in [0, 0.1) is 6.92 Å². The van der Waals surface area contributed by atoms with Gasteiger partial charge < -0.3 is 4.98 Å². The van der Waals surface area contributed by atoms with E-state index < -0.39 is 0 Å². The summed E-state index contributed by atoms with van der Waals surface area (Å²) in [6.07, 6.45) is 2.91. The molecule has 4 nitrogen and oxygen atoms in total. The first-order valence-corrected chi connectivity index (χ1v) is 4.58. The van der Waals surface area contributed by atoms with E-state index in [2.05, 4.69) is 15.0 Å². The summed E-state index contributed by atoms with van der Waals surface area (Å²) < 4.78 is 0. The number of hydrogen-bond acceptors (Lipinski definition) is 3. The molecule has 4 heteroatoms. The number of aryl methyl sites for hydroxylation is 1. The molecule has 2 aromatic heterocycles. The number of aromatic nitrogens is 3. The maximum atomic E-state index is 10.8. The van der Waals surface area contributed by atoms with Crippen molar-refractivity contribution in [1.29, 1.82) is 0 Å². The van der Waals surface area contributed by atoms with E-state index in [1.807, 2.05) is 26.8 Å². The van der Waals surface area contributed by atoms with Crippen LogP contribution in [0.1, 0.15) is 19.4 Å². The summed E-state index contributed by atoms with van der Waals surface area (Å²) in [7, 11) is 0. The number of nitrogens with zero attached hydrogens (tertiary/aromatic N) is 2. The molecule has 0 bridgehead atoms. The van der Waals surface area contributed by atoms with Gasteiger partial charge in [0.1, 0.15) is 5.52 Å². The van der Waals surface area contributed by atoms with Crippen LogP contribution in [0.15, 0.2) is 23.3 Å². The number of nitrogens with one attached hydrogen (secondary N) is 1. The molecule has 0 aliphatic rings. The van der Waals surface area contributed by atoms with Gasteiger partial charge in [-0.3, -0.25) is 4.79 Å². The van der Waals surface area contributed by atoms with Gasteiger partial charge in [-0.2, -0.15) is 0 Å². The van der Waals surface area contributed by atoms with Crippen LogP contribution in [0.4, 0.5) is 0 Å². The predicted octanol–water partition coefficient (Wildman–Crippen LogP) is 1.65. The van der Waals surface area contributed by atoms with E-state index in [0.29, 0.717) is 5.65 Å². The zero-order chi connectivity index (χ0) is 10.6. The lowest BCUT2D eigenvalue weighted by molar-refractivity contribution is 1.16. The molecule has 0 fully saturated rings. The van der Waals surface area contributed by atoms with Crippen molar-refractivity contribution in [2.75, 3.05) is 0 Å². The number of rotatable bonds is 0. The summed E-state index contributed by atoms with van der Waals surface area (Å²) in [4.78, 5) is 21.4. The van der Waals surface area contributed by atoms with Crippen molar-refractivity contribution in [1.82, 2.24) is 15.0 Å². The van der Waals surface area contributed by atoms with E-state index in [0.717, 1.165) is 11.1 Å². The van der Waals surface area contributed by atoms with E-state index in [1.54, 1.807) is 6.20 Å². The van der Waals surface area contributed by atoms with Gasteiger partial charge >= 0.3 is 0 Å². The Morgan fingerprint density at radius 1 is 1.29 bits per heavy atom. The van der Waals surface area contributed by atoms with Crippen molar-refractivity contribution in [3.63, 3.8) is 0 Å². The minimum absolute atomic E-state index is 0.222. The molecule has 0 saturated carbocycles. The molecular weight excluding hydrogens is 178 g/mol. The second kappa shape index (κ2) is 4.50. The third kappa shape index (κ3) is 1.96. The molecule has 0 atom stereocenters. The number of hydrogen-bond donors (Lipinski definition) is 1. The van der Waals surface area contributed by atoms with Gasteiger partial charge in [-0.1, -0.05) is 13.8 Å². The fourth-order valence-electron chi connectivity index (χ4n) is 1.08. The van der Waals surface area contributed by atoms with Crippen LogP contribution in [0.3, 0.4) is 0 Å². The summed E-state index contributed by atoms with van der Waals surface area (Å²) in [5.41, 5.74) is 2.08. The Morgan fingerprint density at radius 3 is 2.71 bits per heavy atom. The zero-order valence-electron chi connectivity index (χ0n) is 8.53. The first-order chi connectivity index (χ1) is 6.77. The molecule has 14 heavy (non-hydrogen) atoms. The van der Waals surface area contributed by atoms with Gasteiger partial charge in [0, 0.05) is 6.20 Å². The predicted molar refractivity (Wildman–Crippen MR) is 56.2 cm³/mol. The molecule has 2 heterocycles. The fraction of sp³-hybridized carbons (Fsp3) is 0.300. The normalized spacial score (nSPS) is 9.36. The minimum atomic E-state index is -0.222. The number of H-pyrrole nitrogens is 1. The zero-order valence-corrected chi connectivity index (χ0v) is 8.53. The van der Waals surface area contributed by atoms with E-state index in [4.69, 9.17) is 0 Å². The molecule has 0 spiro atoms. The van der Waals surface area contributed by atoms with Crippen LogP contribution in [0.25, 0.3) is 11.2 Å². The maximum absolute atomic E-state index is 10.8. The Balaban J connectivity index is 0.000000461. The fourth-order valence-corrected chi connectivity index (χ4v) is 1.08. The largest absolute Gasteiger partial charge is 0.304 e. The first-order valence-electron chi connectivity index (χ1n) is 4.58. The van der Waals surface area contributed by atoms with E-state index in [9.17, 15) is 4.79 Å². The van der Waals surface area contributed by atoms with Gasteiger partial charge in [0.2, 0.25) is 0 Å². The van der Waals surface area contributed by atoms with Crippen LogP contribution >= 0.6 is 0 Å². The van der Waals surface area contributed by atoms with Gasteiger partial charge in [-0.25, -0.2) is 9.97 Å². The van der Waals surface area contributed by atoms with Gasteiger partial charge in [0.05, 0.1) is 6.20 Å². The first kappa shape index (κ1) is 10.4. The summed E-state index contributed by atoms with van der Waals surface area (Å²) >= 11 is 0. The lowest BCUT2D eigenvalue weighted by Crippen LogP contribution is -2.06. The van der Waals surface area contributed by atoms with Crippen molar-refractivity contribution in [2.45, 2.75) is 20.8 Å². The van der Waals surface area contributed by atoms with Gasteiger partial charge in [0.25, 0.3) is 5.56 Å². The highest BCUT2D eigenvalue weighted by atomic mass is 16.1. The molecule has 0 aromatic carbocycles. The van der Waals surface area contributed by atoms with Crippen molar-refractivity contribution in [3.8, 4) is 0 Å². The second-order valence-electron chi connectivity index (χ2n) is 2.57. The average Bonchev–Trinajstić information content (AvgIpc) is 2.21. The quantitative estimate of drug-likeness (QED) is 0.688. The second-order valence-corrected chi connectivity index (χ2v) is 2.57. The third-order valence-electron chi connectivity index (χ3n) is 1.68. The Hall–Kier alpha value is -1.71. The molecule has 0 aliphatic heterocycles. The van der Waals surface area contributed by atoms with Crippen molar-refractivity contribution in [2.24, 2.45) is 0 Å². The smallest absolute Gasteiger partial charge is 0.268 e. The minimum Gasteiger partial charge on any atom is -0.304 e. The molecule has 0 radical (unpaired) electrons. The highest BCUT2D eigenvalue weighted by Crippen LogP contribution is 2.07. The summed E-state index contributed by atoms with van der Waals surface area (Å²) in [5.74, 6) is 0. The number of fused-ring (bicyclic) bond motifs is 1. The Bertz CT molecular complexity index is 476. The van der Waals surface area contributed by atoms with Gasteiger partial charge in [-0.15, -0.1) is 0 Å². The van der Waals surface area contributed by atoms with Crippen molar-refractivity contribution in [3.05, 3.63) is 34.4 Å². The Kier molecular flexibility index (Phi) is 3.34. The Labute approximate surface area is 82.0 Å². The number of aromatic amines is 1. The maximum Gasteiger partial charge on any atom is 0.268 e. The molecule has 1 N–H and O–H groups in total. The standard InChI is InChI=1S/C8H7N3O.C2H6/c1-5-2-3-9-8-7(5)10-4-6(12)11-8;1-2/h2-4H,1H3,(H,9,11,12);1-2H3. The molecule has 2 aromatic rings. The van der Waals surface area contributed by atoms with Crippen LogP contribution in [0.5, 0.6) is 0 Å². The van der Waals surface area contributed by atoms with Gasteiger partial charge in [-0.05, 0) is 18.6 Å². The number of pyridine rings is 1. The SMILES string of the molecule is CC.Cc1ccnc2[nH]c(=O)cnc12. The third-order valence-corrected chi connectivity index (χ3v) is 1.68. The molecule has 0 amide bonds.